The molecule has 1 amide bonds. The molecule has 22 heavy (non-hydrogen) atoms. The number of aliphatic hydroxyl groups is 1. The van der Waals surface area contributed by atoms with Crippen LogP contribution in [0.2, 0.25) is 0 Å². The zero-order valence-corrected chi connectivity index (χ0v) is 14.1. The van der Waals surface area contributed by atoms with Crippen LogP contribution in [0.4, 0.5) is 0 Å². The molecule has 1 aliphatic carbocycles. The van der Waals surface area contributed by atoms with Gasteiger partial charge in [0.15, 0.2) is 0 Å². The largest absolute Gasteiger partial charge is 0.481 e. The molecule has 0 radical (unpaired) electrons. The van der Waals surface area contributed by atoms with E-state index in [4.69, 9.17) is 16.3 Å². The molecule has 1 N–H and O–H groups in total. The number of nitrogens with zero attached hydrogens (tertiary/aromatic N) is 2. The van der Waals surface area contributed by atoms with Crippen LogP contribution in [0, 0.1) is 13.8 Å². The molecule has 1 aliphatic rings. The van der Waals surface area contributed by atoms with Crippen LogP contribution in [-0.2, 0) is 11.3 Å². The van der Waals surface area contributed by atoms with Crippen LogP contribution in [0.25, 0.3) is 0 Å². The molecule has 5 nitrogen and oxygen atoms in total. The first-order valence-electron chi connectivity index (χ1n) is 7.50. The SMILES string of the molecule is COc1cc(C)c(CN(C(=O)CCl)[C@@H]2CC[C@H](O)C2)c(C)n1. The first-order chi connectivity index (χ1) is 10.5. The second-order valence-corrected chi connectivity index (χ2v) is 6.09. The minimum absolute atomic E-state index is 0.0437. The van der Waals surface area contributed by atoms with Gasteiger partial charge in [0.05, 0.1) is 13.2 Å². The Bertz CT molecular complexity index is 527. The van der Waals surface area contributed by atoms with Crippen molar-refractivity contribution in [2.24, 2.45) is 0 Å². The van der Waals surface area contributed by atoms with Gasteiger partial charge in [-0.25, -0.2) is 4.98 Å². The van der Waals surface area contributed by atoms with Crippen LogP contribution in [0.15, 0.2) is 6.07 Å². The second kappa shape index (κ2) is 7.29. The normalized spacial score (nSPS) is 21.0. The third-order valence-corrected chi connectivity index (χ3v) is 4.55. The van der Waals surface area contributed by atoms with Gasteiger partial charge in [0.2, 0.25) is 11.8 Å². The highest BCUT2D eigenvalue weighted by Crippen LogP contribution is 2.28. The van der Waals surface area contributed by atoms with Gasteiger partial charge in [-0.15, -0.1) is 11.6 Å². The van der Waals surface area contributed by atoms with E-state index in [1.165, 1.54) is 0 Å². The summed E-state index contributed by atoms with van der Waals surface area (Å²) in [6.45, 7) is 4.37. The number of carbonyl (C=O) groups excluding carboxylic acids is 1. The summed E-state index contributed by atoms with van der Waals surface area (Å²) in [6, 6.07) is 1.91. The topological polar surface area (TPSA) is 62.7 Å². The number of aliphatic hydroxyl groups excluding tert-OH is 1. The smallest absolute Gasteiger partial charge is 0.238 e. The highest BCUT2D eigenvalue weighted by atomic mass is 35.5. The van der Waals surface area contributed by atoms with Crippen LogP contribution in [0.1, 0.15) is 36.1 Å². The molecular weight excluding hydrogens is 304 g/mol. The number of hydrogen-bond acceptors (Lipinski definition) is 4. The molecule has 0 saturated heterocycles. The molecule has 0 aliphatic heterocycles. The van der Waals surface area contributed by atoms with Gasteiger partial charge in [0.25, 0.3) is 0 Å². The Morgan fingerprint density at radius 3 is 2.73 bits per heavy atom. The van der Waals surface area contributed by atoms with Crippen molar-refractivity contribution in [2.45, 2.75) is 51.8 Å². The lowest BCUT2D eigenvalue weighted by molar-refractivity contribution is -0.131. The Kier molecular flexibility index (Phi) is 5.64. The van der Waals surface area contributed by atoms with Gasteiger partial charge >= 0.3 is 0 Å². The summed E-state index contributed by atoms with van der Waals surface area (Å²) in [6.07, 6.45) is 1.83. The lowest BCUT2D eigenvalue weighted by Crippen LogP contribution is -2.40. The molecule has 6 heteroatoms. The fourth-order valence-corrected chi connectivity index (χ4v) is 3.21. The molecule has 2 rings (SSSR count). The number of aromatic nitrogens is 1. The van der Waals surface area contributed by atoms with Crippen molar-refractivity contribution < 1.29 is 14.6 Å². The molecule has 1 fully saturated rings. The molecular formula is C16H23ClN2O3. The summed E-state index contributed by atoms with van der Waals surface area (Å²) >= 11 is 5.77. The second-order valence-electron chi connectivity index (χ2n) is 5.82. The van der Waals surface area contributed by atoms with Crippen LogP contribution in [0.3, 0.4) is 0 Å². The third kappa shape index (κ3) is 3.70. The van der Waals surface area contributed by atoms with E-state index in [9.17, 15) is 9.90 Å². The molecule has 0 bridgehead atoms. The number of pyridine rings is 1. The van der Waals surface area contributed by atoms with Crippen LogP contribution >= 0.6 is 11.6 Å². The highest BCUT2D eigenvalue weighted by Gasteiger charge is 2.31. The van der Waals surface area contributed by atoms with Gasteiger partial charge in [0.1, 0.15) is 5.88 Å². The highest BCUT2D eigenvalue weighted by molar-refractivity contribution is 6.27. The Morgan fingerprint density at radius 1 is 1.50 bits per heavy atom. The lowest BCUT2D eigenvalue weighted by atomic mass is 10.1. The van der Waals surface area contributed by atoms with Gasteiger partial charge < -0.3 is 14.7 Å². The number of rotatable bonds is 5. The number of halogens is 1. The molecule has 1 aromatic rings. The van der Waals surface area contributed by atoms with Crippen molar-refractivity contribution in [3.8, 4) is 5.88 Å². The molecule has 1 heterocycles. The molecule has 2 atom stereocenters. The number of hydrogen-bond donors (Lipinski definition) is 1. The summed E-state index contributed by atoms with van der Waals surface area (Å²) in [7, 11) is 1.59. The van der Waals surface area contributed by atoms with Gasteiger partial charge in [-0.05, 0) is 44.2 Å². The average molecular weight is 327 g/mol. The van der Waals surface area contributed by atoms with Gasteiger partial charge in [-0.1, -0.05) is 0 Å². The number of amides is 1. The summed E-state index contributed by atoms with van der Waals surface area (Å²) in [5.41, 5.74) is 2.90. The van der Waals surface area contributed by atoms with Gasteiger partial charge in [-0.2, -0.15) is 0 Å². The lowest BCUT2D eigenvalue weighted by Gasteiger charge is -2.29. The van der Waals surface area contributed by atoms with E-state index in [2.05, 4.69) is 4.98 Å². The number of ether oxygens (including phenoxy) is 1. The van der Waals surface area contributed by atoms with E-state index in [0.717, 1.165) is 29.7 Å². The molecule has 0 spiro atoms. The van der Waals surface area contributed by atoms with Crippen molar-refractivity contribution >= 4 is 17.5 Å². The Morgan fingerprint density at radius 2 is 2.23 bits per heavy atom. The van der Waals surface area contributed by atoms with Crippen molar-refractivity contribution in [3.05, 3.63) is 22.9 Å². The molecule has 1 aromatic heterocycles. The molecule has 122 valence electrons. The minimum Gasteiger partial charge on any atom is -0.481 e. The minimum atomic E-state index is -0.327. The maximum absolute atomic E-state index is 12.2. The van der Waals surface area contributed by atoms with Crippen LogP contribution < -0.4 is 4.74 Å². The number of methoxy groups -OCH3 is 1. The van der Waals surface area contributed by atoms with E-state index in [1.807, 2.05) is 19.9 Å². The van der Waals surface area contributed by atoms with E-state index >= 15 is 0 Å². The van der Waals surface area contributed by atoms with Crippen LogP contribution in [-0.4, -0.2) is 46.0 Å². The van der Waals surface area contributed by atoms with Gasteiger partial charge in [0, 0.05) is 24.3 Å². The van der Waals surface area contributed by atoms with Crippen molar-refractivity contribution in [2.75, 3.05) is 13.0 Å². The molecule has 0 aromatic carbocycles. The van der Waals surface area contributed by atoms with Crippen LogP contribution in [0.5, 0.6) is 5.88 Å². The third-order valence-electron chi connectivity index (χ3n) is 4.32. The maximum atomic E-state index is 12.2. The summed E-state index contributed by atoms with van der Waals surface area (Å²) < 4.78 is 5.17. The Hall–Kier alpha value is -1.33. The zero-order chi connectivity index (χ0) is 16.3. The first kappa shape index (κ1) is 17.0. The Labute approximate surface area is 136 Å². The number of aryl methyl sites for hydroxylation is 2. The monoisotopic (exact) mass is 326 g/mol. The summed E-state index contributed by atoms with van der Waals surface area (Å²) in [5, 5.41) is 9.75. The van der Waals surface area contributed by atoms with Crippen molar-refractivity contribution in [3.63, 3.8) is 0 Å². The first-order valence-corrected chi connectivity index (χ1v) is 8.04. The van der Waals surface area contributed by atoms with Crippen molar-refractivity contribution in [1.29, 1.82) is 0 Å². The Balaban J connectivity index is 2.25. The summed E-state index contributed by atoms with van der Waals surface area (Å²) in [5.74, 6) is 0.425. The van der Waals surface area contributed by atoms with E-state index in [1.54, 1.807) is 12.0 Å². The maximum Gasteiger partial charge on any atom is 0.238 e. The van der Waals surface area contributed by atoms with Crippen molar-refractivity contribution in [1.82, 2.24) is 9.88 Å². The van der Waals surface area contributed by atoms with Gasteiger partial charge in [-0.3, -0.25) is 4.79 Å². The summed E-state index contributed by atoms with van der Waals surface area (Å²) in [4.78, 5) is 18.4. The van der Waals surface area contributed by atoms with E-state index in [-0.39, 0.29) is 23.9 Å². The fourth-order valence-electron chi connectivity index (χ4n) is 3.05. The quantitative estimate of drug-likeness (QED) is 0.842. The average Bonchev–Trinajstić information content (AvgIpc) is 2.91. The number of alkyl halides is 1. The number of carbonyl (C=O) groups is 1. The van der Waals surface area contributed by atoms with E-state index < -0.39 is 0 Å². The fraction of sp³-hybridized carbons (Fsp3) is 0.625. The predicted octanol–water partition coefficient (Wildman–Crippen LogP) is 2.19. The molecule has 1 saturated carbocycles. The molecule has 0 unspecified atom stereocenters. The predicted molar refractivity (Wildman–Crippen MR) is 85.2 cm³/mol. The van der Waals surface area contributed by atoms with E-state index in [0.29, 0.717) is 18.8 Å². The standard InChI is InChI=1S/C16H23ClN2O3/c1-10-6-15(22-3)18-11(2)14(10)9-19(16(21)8-17)12-4-5-13(20)7-12/h6,12-13,20H,4-5,7-9H2,1-3H3/t12-,13+/m1/s1. The zero-order valence-electron chi connectivity index (χ0n) is 13.3.